The van der Waals surface area contributed by atoms with E-state index in [1.807, 2.05) is 7.05 Å². The highest BCUT2D eigenvalue weighted by atomic mass is 19.4. The number of fused-ring (bicyclic) bond motifs is 1. The predicted molar refractivity (Wildman–Crippen MR) is 98.7 cm³/mol. The van der Waals surface area contributed by atoms with Crippen LogP contribution in [0.3, 0.4) is 0 Å². The molecule has 0 saturated carbocycles. The first-order valence-electron chi connectivity index (χ1n) is 8.78. The molecule has 3 aromatic rings. The van der Waals surface area contributed by atoms with Crippen molar-refractivity contribution in [3.63, 3.8) is 0 Å². The molecule has 8 heteroatoms. The first-order chi connectivity index (χ1) is 13.2. The van der Waals surface area contributed by atoms with Gasteiger partial charge in [0.25, 0.3) is 0 Å². The van der Waals surface area contributed by atoms with Gasteiger partial charge in [0.15, 0.2) is 5.58 Å². The lowest BCUT2D eigenvalue weighted by Crippen LogP contribution is -2.24. The average molecular weight is 389 g/mol. The van der Waals surface area contributed by atoms with Crippen molar-refractivity contribution in [1.82, 2.24) is 15.1 Å². The van der Waals surface area contributed by atoms with Crippen molar-refractivity contribution in [2.45, 2.75) is 19.5 Å². The van der Waals surface area contributed by atoms with Gasteiger partial charge in [0.1, 0.15) is 23.2 Å². The van der Waals surface area contributed by atoms with Gasteiger partial charge in [0, 0.05) is 30.3 Å². The molecule has 0 atom stereocenters. The van der Waals surface area contributed by atoms with Gasteiger partial charge in [0.05, 0.1) is 5.56 Å². The van der Waals surface area contributed by atoms with Crippen LogP contribution in [0.15, 0.2) is 35.0 Å². The van der Waals surface area contributed by atoms with Crippen LogP contribution in [-0.4, -0.2) is 40.3 Å². The summed E-state index contributed by atoms with van der Waals surface area (Å²) in [6.07, 6.45) is 0.162. The molecule has 5 nitrogen and oxygen atoms in total. The van der Waals surface area contributed by atoms with E-state index in [4.69, 9.17) is 4.42 Å². The van der Waals surface area contributed by atoms with Gasteiger partial charge < -0.3 is 14.4 Å². The lowest BCUT2D eigenvalue weighted by Gasteiger charge is -2.22. The number of furan rings is 1. The molecule has 1 aliphatic heterocycles. The molecule has 0 saturated heterocycles. The van der Waals surface area contributed by atoms with Gasteiger partial charge in [-0.2, -0.15) is 13.2 Å². The highest BCUT2D eigenvalue weighted by Crippen LogP contribution is 2.39. The van der Waals surface area contributed by atoms with Crippen LogP contribution < -0.4 is 0 Å². The van der Waals surface area contributed by atoms with E-state index in [9.17, 15) is 18.3 Å². The van der Waals surface area contributed by atoms with Gasteiger partial charge in [0.2, 0.25) is 0 Å². The van der Waals surface area contributed by atoms with Gasteiger partial charge in [-0.1, -0.05) is 6.08 Å². The molecule has 0 unspecified atom stereocenters. The standard InChI is InChI=1S/C20H18F3N3O2/c1-11-6-13(20(21,22)23)7-16(27)18(11)15-8-17-19(25-24-15)14(10-28-17)12-4-3-5-26(2)9-12/h4,6-8,10,27H,3,5,9H2,1-2H3. The zero-order valence-corrected chi connectivity index (χ0v) is 15.3. The van der Waals surface area contributed by atoms with Crippen LogP contribution in [0.2, 0.25) is 0 Å². The average Bonchev–Trinajstić information content (AvgIpc) is 3.03. The number of rotatable bonds is 2. The van der Waals surface area contributed by atoms with Gasteiger partial charge in [-0.3, -0.25) is 0 Å². The van der Waals surface area contributed by atoms with Crippen LogP contribution in [0, 0.1) is 6.92 Å². The highest BCUT2D eigenvalue weighted by molar-refractivity contribution is 5.90. The van der Waals surface area contributed by atoms with Crippen LogP contribution in [0.1, 0.15) is 23.1 Å². The third-order valence-electron chi connectivity index (χ3n) is 4.90. The Morgan fingerprint density at radius 3 is 2.64 bits per heavy atom. The Morgan fingerprint density at radius 1 is 1.18 bits per heavy atom. The minimum absolute atomic E-state index is 0.206. The maximum absolute atomic E-state index is 12.9. The number of hydrogen-bond acceptors (Lipinski definition) is 5. The zero-order chi connectivity index (χ0) is 20.1. The highest BCUT2D eigenvalue weighted by Gasteiger charge is 2.32. The van der Waals surface area contributed by atoms with Gasteiger partial charge in [-0.05, 0) is 43.7 Å². The number of hydrogen-bond donors (Lipinski definition) is 1. The number of likely N-dealkylation sites (N-methyl/N-ethyl adjacent to an activating group) is 1. The van der Waals surface area contributed by atoms with E-state index in [0.717, 1.165) is 36.7 Å². The third kappa shape index (κ3) is 3.24. The molecule has 1 aliphatic rings. The Morgan fingerprint density at radius 2 is 1.96 bits per heavy atom. The number of aromatic hydroxyl groups is 1. The first-order valence-corrected chi connectivity index (χ1v) is 8.78. The fraction of sp³-hybridized carbons (Fsp3) is 0.300. The summed E-state index contributed by atoms with van der Waals surface area (Å²) < 4.78 is 44.4. The van der Waals surface area contributed by atoms with Crippen molar-refractivity contribution in [2.24, 2.45) is 0 Å². The molecule has 1 N–H and O–H groups in total. The largest absolute Gasteiger partial charge is 0.507 e. The molecule has 4 rings (SSSR count). The molecule has 146 valence electrons. The Bertz CT molecular complexity index is 1060. The number of alkyl halides is 3. The van der Waals surface area contributed by atoms with Crippen molar-refractivity contribution in [2.75, 3.05) is 20.1 Å². The number of aromatic nitrogens is 2. The monoisotopic (exact) mass is 389 g/mol. The number of halogens is 3. The Balaban J connectivity index is 1.77. The summed E-state index contributed by atoms with van der Waals surface area (Å²) >= 11 is 0. The first kappa shape index (κ1) is 18.5. The smallest absolute Gasteiger partial charge is 0.416 e. The number of phenolic OH excluding ortho intramolecular Hbond substituents is 1. The maximum Gasteiger partial charge on any atom is 0.416 e. The molecule has 0 amide bonds. The summed E-state index contributed by atoms with van der Waals surface area (Å²) in [5.41, 5.74) is 2.82. The van der Waals surface area contributed by atoms with E-state index in [0.29, 0.717) is 17.2 Å². The molecule has 28 heavy (non-hydrogen) atoms. The van der Waals surface area contributed by atoms with E-state index in [1.165, 1.54) is 6.92 Å². The van der Waals surface area contributed by atoms with Crippen LogP contribution in [0.5, 0.6) is 5.75 Å². The van der Waals surface area contributed by atoms with Gasteiger partial charge in [-0.15, -0.1) is 10.2 Å². The molecule has 0 bridgehead atoms. The fourth-order valence-corrected chi connectivity index (χ4v) is 3.53. The molecule has 0 fully saturated rings. The molecule has 0 spiro atoms. The second-order valence-electron chi connectivity index (χ2n) is 7.03. The van der Waals surface area contributed by atoms with Crippen LogP contribution >= 0.6 is 0 Å². The molecular formula is C20H18F3N3O2. The van der Waals surface area contributed by atoms with E-state index < -0.39 is 17.5 Å². The van der Waals surface area contributed by atoms with E-state index in [1.54, 1.807) is 12.3 Å². The zero-order valence-electron chi connectivity index (χ0n) is 15.3. The number of phenols is 1. The minimum Gasteiger partial charge on any atom is -0.507 e. The van der Waals surface area contributed by atoms with Crippen molar-refractivity contribution in [3.8, 4) is 17.0 Å². The topological polar surface area (TPSA) is 62.4 Å². The number of aryl methyl sites for hydroxylation is 1. The summed E-state index contributed by atoms with van der Waals surface area (Å²) in [5, 5.41) is 18.6. The fourth-order valence-electron chi connectivity index (χ4n) is 3.53. The Kier molecular flexibility index (Phi) is 4.38. The summed E-state index contributed by atoms with van der Waals surface area (Å²) in [6.45, 7) is 3.25. The predicted octanol–water partition coefficient (Wildman–Crippen LogP) is 4.64. The van der Waals surface area contributed by atoms with Crippen LogP contribution in [-0.2, 0) is 6.18 Å². The summed E-state index contributed by atoms with van der Waals surface area (Å²) in [7, 11) is 2.04. The lowest BCUT2D eigenvalue weighted by atomic mass is 10.00. The molecule has 2 aromatic heterocycles. The normalized spacial score (nSPS) is 15.8. The number of benzene rings is 1. The maximum atomic E-state index is 12.9. The van der Waals surface area contributed by atoms with Crippen molar-refractivity contribution >= 4 is 16.7 Å². The van der Waals surface area contributed by atoms with Crippen molar-refractivity contribution in [3.05, 3.63) is 47.2 Å². The lowest BCUT2D eigenvalue weighted by molar-refractivity contribution is -0.137. The molecule has 1 aromatic carbocycles. The van der Waals surface area contributed by atoms with Gasteiger partial charge in [-0.25, -0.2) is 0 Å². The Labute approximate surface area is 159 Å². The molecular weight excluding hydrogens is 371 g/mol. The second-order valence-corrected chi connectivity index (χ2v) is 7.03. The van der Waals surface area contributed by atoms with Crippen molar-refractivity contribution in [1.29, 1.82) is 0 Å². The van der Waals surface area contributed by atoms with E-state index >= 15 is 0 Å². The summed E-state index contributed by atoms with van der Waals surface area (Å²) in [4.78, 5) is 2.19. The Hall–Kier alpha value is -2.87. The third-order valence-corrected chi connectivity index (χ3v) is 4.90. The summed E-state index contributed by atoms with van der Waals surface area (Å²) in [6, 6.07) is 3.27. The number of nitrogens with zero attached hydrogens (tertiary/aromatic N) is 3. The van der Waals surface area contributed by atoms with E-state index in [-0.39, 0.29) is 16.8 Å². The molecule has 3 heterocycles. The molecule has 0 radical (unpaired) electrons. The van der Waals surface area contributed by atoms with Crippen LogP contribution in [0.25, 0.3) is 27.9 Å². The van der Waals surface area contributed by atoms with E-state index in [2.05, 4.69) is 21.2 Å². The molecule has 0 aliphatic carbocycles. The quantitative estimate of drug-likeness (QED) is 0.692. The summed E-state index contributed by atoms with van der Waals surface area (Å²) in [5.74, 6) is -0.496. The van der Waals surface area contributed by atoms with Crippen molar-refractivity contribution < 1.29 is 22.7 Å². The SMILES string of the molecule is Cc1cc(C(F)(F)F)cc(O)c1-c1cc2occ(C3=CCCN(C)C3)c2nn1. The van der Waals surface area contributed by atoms with Crippen LogP contribution in [0.4, 0.5) is 13.2 Å². The van der Waals surface area contributed by atoms with Gasteiger partial charge >= 0.3 is 6.18 Å². The second kappa shape index (κ2) is 6.63. The minimum atomic E-state index is -4.53.